The van der Waals surface area contributed by atoms with Crippen LogP contribution in [-0.2, 0) is 0 Å². The topological polar surface area (TPSA) is 115 Å². The van der Waals surface area contributed by atoms with Crippen LogP contribution in [0.4, 0.5) is 5.69 Å². The largest absolute Gasteiger partial charge is 0.409 e. The SMILES string of the molecule is N/C(=N/O)c1ncccc1Sc1ccc([N+](=O)[O-])cc1. The van der Waals surface area contributed by atoms with Crippen molar-refractivity contribution in [2.24, 2.45) is 10.9 Å². The molecule has 1 aromatic heterocycles. The number of nitrogens with zero attached hydrogens (tertiary/aromatic N) is 3. The van der Waals surface area contributed by atoms with E-state index in [1.54, 1.807) is 24.3 Å². The van der Waals surface area contributed by atoms with Gasteiger partial charge in [0.15, 0.2) is 5.84 Å². The van der Waals surface area contributed by atoms with Crippen LogP contribution in [0.2, 0.25) is 0 Å². The molecule has 0 aliphatic heterocycles. The predicted molar refractivity (Wildman–Crippen MR) is 74.0 cm³/mol. The number of non-ortho nitro benzene ring substituents is 1. The second-order valence-corrected chi connectivity index (χ2v) is 4.80. The van der Waals surface area contributed by atoms with Gasteiger partial charge in [0.1, 0.15) is 5.69 Å². The fourth-order valence-electron chi connectivity index (χ4n) is 1.48. The summed E-state index contributed by atoms with van der Waals surface area (Å²) in [5, 5.41) is 22.2. The van der Waals surface area contributed by atoms with Gasteiger partial charge in [-0.3, -0.25) is 15.1 Å². The smallest absolute Gasteiger partial charge is 0.269 e. The minimum absolute atomic E-state index is 0.0252. The first kappa shape index (κ1) is 13.8. The summed E-state index contributed by atoms with van der Waals surface area (Å²) in [5.41, 5.74) is 5.93. The molecular weight excluding hydrogens is 280 g/mol. The zero-order valence-electron chi connectivity index (χ0n) is 10.1. The zero-order valence-corrected chi connectivity index (χ0v) is 10.9. The van der Waals surface area contributed by atoms with Crippen molar-refractivity contribution in [2.75, 3.05) is 0 Å². The zero-order chi connectivity index (χ0) is 14.5. The van der Waals surface area contributed by atoms with Crippen LogP contribution in [0.1, 0.15) is 5.69 Å². The number of nitro groups is 1. The maximum absolute atomic E-state index is 10.6. The van der Waals surface area contributed by atoms with Gasteiger partial charge in [-0.25, -0.2) is 0 Å². The van der Waals surface area contributed by atoms with E-state index in [4.69, 9.17) is 10.9 Å². The number of rotatable bonds is 4. The first-order chi connectivity index (χ1) is 9.61. The van der Waals surface area contributed by atoms with Crippen LogP contribution in [0.3, 0.4) is 0 Å². The van der Waals surface area contributed by atoms with Gasteiger partial charge in [0.05, 0.1) is 4.92 Å². The minimum atomic E-state index is -0.458. The van der Waals surface area contributed by atoms with Crippen molar-refractivity contribution >= 4 is 23.3 Å². The maximum Gasteiger partial charge on any atom is 0.269 e. The number of oxime groups is 1. The highest BCUT2D eigenvalue weighted by molar-refractivity contribution is 7.99. The van der Waals surface area contributed by atoms with Gasteiger partial charge >= 0.3 is 0 Å². The molecule has 0 spiro atoms. The van der Waals surface area contributed by atoms with E-state index in [1.165, 1.54) is 30.1 Å². The van der Waals surface area contributed by atoms with E-state index in [-0.39, 0.29) is 11.5 Å². The number of pyridine rings is 1. The third kappa shape index (κ3) is 3.04. The van der Waals surface area contributed by atoms with Crippen molar-refractivity contribution in [3.05, 3.63) is 58.4 Å². The molecule has 0 unspecified atom stereocenters. The van der Waals surface area contributed by atoms with Crippen molar-refractivity contribution in [1.29, 1.82) is 0 Å². The molecule has 2 rings (SSSR count). The summed E-state index contributed by atoms with van der Waals surface area (Å²) < 4.78 is 0. The lowest BCUT2D eigenvalue weighted by Gasteiger charge is -2.06. The summed E-state index contributed by atoms with van der Waals surface area (Å²) in [6.45, 7) is 0. The Balaban J connectivity index is 2.28. The lowest BCUT2D eigenvalue weighted by Crippen LogP contribution is -2.15. The van der Waals surface area contributed by atoms with Crippen LogP contribution in [0, 0.1) is 10.1 Å². The van der Waals surface area contributed by atoms with Crippen molar-refractivity contribution < 1.29 is 10.1 Å². The number of hydrogen-bond acceptors (Lipinski definition) is 6. The van der Waals surface area contributed by atoms with E-state index in [1.807, 2.05) is 0 Å². The number of nitro benzene ring substituents is 1. The molecular formula is C12H10N4O3S. The lowest BCUT2D eigenvalue weighted by atomic mass is 10.3. The number of amidine groups is 1. The molecule has 1 aromatic carbocycles. The van der Waals surface area contributed by atoms with Crippen LogP contribution >= 0.6 is 11.8 Å². The molecule has 2 aromatic rings. The molecule has 0 aliphatic rings. The second kappa shape index (κ2) is 6.02. The normalized spacial score (nSPS) is 11.3. The fraction of sp³-hybridized carbons (Fsp3) is 0. The first-order valence-corrected chi connectivity index (χ1v) is 6.28. The van der Waals surface area contributed by atoms with Gasteiger partial charge in [0.2, 0.25) is 0 Å². The molecule has 0 saturated heterocycles. The van der Waals surface area contributed by atoms with Gasteiger partial charge in [-0.2, -0.15) is 0 Å². The van der Waals surface area contributed by atoms with Crippen LogP contribution in [0.25, 0.3) is 0 Å². The van der Waals surface area contributed by atoms with Gasteiger partial charge in [-0.15, -0.1) is 0 Å². The summed E-state index contributed by atoms with van der Waals surface area (Å²) in [6.07, 6.45) is 1.53. The summed E-state index contributed by atoms with van der Waals surface area (Å²) in [5.74, 6) is -0.0880. The molecule has 0 amide bonds. The minimum Gasteiger partial charge on any atom is -0.409 e. The summed E-state index contributed by atoms with van der Waals surface area (Å²) in [6, 6.07) is 9.59. The number of benzene rings is 1. The number of aromatic nitrogens is 1. The third-order valence-electron chi connectivity index (χ3n) is 2.40. The average molecular weight is 290 g/mol. The molecule has 0 radical (unpaired) electrons. The van der Waals surface area contributed by atoms with Crippen LogP contribution in [-0.4, -0.2) is 21.0 Å². The van der Waals surface area contributed by atoms with E-state index in [2.05, 4.69) is 10.1 Å². The van der Waals surface area contributed by atoms with E-state index in [0.717, 1.165) is 4.90 Å². The summed E-state index contributed by atoms with van der Waals surface area (Å²) in [7, 11) is 0. The Bertz CT molecular complexity index is 658. The van der Waals surface area contributed by atoms with Crippen LogP contribution in [0.5, 0.6) is 0 Å². The molecule has 0 aliphatic carbocycles. The average Bonchev–Trinajstić information content (AvgIpc) is 2.47. The van der Waals surface area contributed by atoms with Gasteiger partial charge in [-0.05, 0) is 24.3 Å². The van der Waals surface area contributed by atoms with E-state index in [0.29, 0.717) is 10.6 Å². The Labute approximate surface area is 118 Å². The van der Waals surface area contributed by atoms with Crippen LogP contribution < -0.4 is 5.73 Å². The molecule has 0 atom stereocenters. The summed E-state index contributed by atoms with van der Waals surface area (Å²) in [4.78, 5) is 15.6. The molecule has 0 saturated carbocycles. The van der Waals surface area contributed by atoms with Crippen molar-refractivity contribution in [3.63, 3.8) is 0 Å². The standard InChI is InChI=1S/C12H10N4O3S/c13-12(15-17)11-10(2-1-7-14-11)20-9-5-3-8(4-6-9)16(18)19/h1-7,17H,(H2,13,15). The quantitative estimate of drug-likeness (QED) is 0.293. The Morgan fingerprint density at radius 2 is 2.05 bits per heavy atom. The molecule has 102 valence electrons. The number of hydrogen-bond donors (Lipinski definition) is 2. The second-order valence-electron chi connectivity index (χ2n) is 3.69. The predicted octanol–water partition coefficient (Wildman–Crippen LogP) is 2.24. The van der Waals surface area contributed by atoms with Crippen LogP contribution in [0.15, 0.2) is 57.5 Å². The van der Waals surface area contributed by atoms with E-state index in [9.17, 15) is 10.1 Å². The third-order valence-corrected chi connectivity index (χ3v) is 3.45. The van der Waals surface area contributed by atoms with Gasteiger partial charge in [-0.1, -0.05) is 16.9 Å². The highest BCUT2D eigenvalue weighted by Gasteiger charge is 2.10. The fourth-order valence-corrected chi connectivity index (χ4v) is 2.40. The van der Waals surface area contributed by atoms with E-state index >= 15 is 0 Å². The number of nitrogens with two attached hydrogens (primary N) is 1. The van der Waals surface area contributed by atoms with Gasteiger partial charge < -0.3 is 10.9 Å². The van der Waals surface area contributed by atoms with Crippen molar-refractivity contribution in [1.82, 2.24) is 4.98 Å². The Kier molecular flexibility index (Phi) is 4.16. The molecule has 8 heteroatoms. The van der Waals surface area contributed by atoms with Gasteiger partial charge in [0.25, 0.3) is 5.69 Å². The molecule has 0 bridgehead atoms. The Hall–Kier alpha value is -2.61. The molecule has 20 heavy (non-hydrogen) atoms. The molecule has 1 heterocycles. The maximum atomic E-state index is 10.6. The highest BCUT2D eigenvalue weighted by atomic mass is 32.2. The molecule has 0 fully saturated rings. The molecule has 3 N–H and O–H groups in total. The Morgan fingerprint density at radius 1 is 1.35 bits per heavy atom. The first-order valence-electron chi connectivity index (χ1n) is 5.47. The van der Waals surface area contributed by atoms with Crippen molar-refractivity contribution in [3.8, 4) is 0 Å². The highest BCUT2D eigenvalue weighted by Crippen LogP contribution is 2.30. The van der Waals surface area contributed by atoms with Gasteiger partial charge in [0, 0.05) is 28.1 Å². The lowest BCUT2D eigenvalue weighted by molar-refractivity contribution is -0.384. The molecule has 7 nitrogen and oxygen atoms in total. The Morgan fingerprint density at radius 3 is 2.65 bits per heavy atom. The summed E-state index contributed by atoms with van der Waals surface area (Å²) >= 11 is 1.32. The monoisotopic (exact) mass is 290 g/mol. The van der Waals surface area contributed by atoms with E-state index < -0.39 is 4.92 Å². The van der Waals surface area contributed by atoms with Crippen molar-refractivity contribution in [2.45, 2.75) is 9.79 Å².